The molecule has 1 rings (SSSR count). The number of phenolic OH excluding ortho intramolecular Hbond substituents is 1. The number of amides is 1. The first-order valence-electron chi connectivity index (χ1n) is 4.30. The average Bonchev–Trinajstić information content (AvgIpc) is 2.01. The lowest BCUT2D eigenvalue weighted by molar-refractivity contribution is 0.0940. The Kier molecular flexibility index (Phi) is 3.06. The Morgan fingerprint density at radius 3 is 2.64 bits per heavy atom. The molecule has 4 heteroatoms. The van der Waals surface area contributed by atoms with Gasteiger partial charge >= 0.3 is 0 Å². The number of hydrogen-bond donors (Lipinski definition) is 2. The Labute approximate surface area is 81.6 Å². The van der Waals surface area contributed by atoms with Gasteiger partial charge in [0.2, 0.25) is 0 Å². The molecule has 0 saturated heterocycles. The molecule has 76 valence electrons. The van der Waals surface area contributed by atoms with Crippen molar-refractivity contribution in [2.45, 2.75) is 19.9 Å². The lowest BCUT2D eigenvalue weighted by Gasteiger charge is -2.09. The van der Waals surface area contributed by atoms with E-state index in [1.807, 2.05) is 0 Å². The molecule has 0 aliphatic rings. The molecule has 0 heterocycles. The van der Waals surface area contributed by atoms with Crippen molar-refractivity contribution in [3.63, 3.8) is 0 Å². The van der Waals surface area contributed by atoms with Gasteiger partial charge in [-0.2, -0.15) is 0 Å². The van der Waals surface area contributed by atoms with Crippen molar-refractivity contribution in [1.82, 2.24) is 5.32 Å². The number of nitrogens with one attached hydrogen (secondary N) is 1. The summed E-state index contributed by atoms with van der Waals surface area (Å²) < 4.78 is 12.6. The number of phenols is 1. The summed E-state index contributed by atoms with van der Waals surface area (Å²) in [5.74, 6) is -1.32. The van der Waals surface area contributed by atoms with Gasteiger partial charge in [0.1, 0.15) is 11.6 Å². The smallest absolute Gasteiger partial charge is 0.255 e. The van der Waals surface area contributed by atoms with Gasteiger partial charge < -0.3 is 10.4 Å². The van der Waals surface area contributed by atoms with Crippen LogP contribution < -0.4 is 5.32 Å². The highest BCUT2D eigenvalue weighted by Gasteiger charge is 2.11. The van der Waals surface area contributed by atoms with Gasteiger partial charge in [-0.3, -0.25) is 4.79 Å². The zero-order valence-electron chi connectivity index (χ0n) is 8.04. The zero-order chi connectivity index (χ0) is 10.7. The van der Waals surface area contributed by atoms with E-state index in [4.69, 9.17) is 0 Å². The highest BCUT2D eigenvalue weighted by Crippen LogP contribution is 2.17. The van der Waals surface area contributed by atoms with Crippen molar-refractivity contribution < 1.29 is 14.3 Å². The van der Waals surface area contributed by atoms with E-state index in [9.17, 15) is 14.3 Å². The predicted molar refractivity (Wildman–Crippen MR) is 50.7 cm³/mol. The monoisotopic (exact) mass is 197 g/mol. The number of halogens is 1. The molecule has 1 aromatic carbocycles. The van der Waals surface area contributed by atoms with Crippen LogP contribution in [0.15, 0.2) is 18.2 Å². The molecule has 0 atom stereocenters. The Morgan fingerprint density at radius 2 is 2.14 bits per heavy atom. The fourth-order valence-electron chi connectivity index (χ4n) is 1.04. The number of hydrogen-bond acceptors (Lipinski definition) is 2. The van der Waals surface area contributed by atoms with Gasteiger partial charge in [0, 0.05) is 12.1 Å². The summed E-state index contributed by atoms with van der Waals surface area (Å²) in [5, 5.41) is 11.9. The zero-order valence-corrected chi connectivity index (χ0v) is 8.04. The molecule has 0 radical (unpaired) electrons. The first-order chi connectivity index (χ1) is 6.50. The van der Waals surface area contributed by atoms with E-state index in [-0.39, 0.29) is 17.4 Å². The van der Waals surface area contributed by atoms with Crippen LogP contribution in [0.2, 0.25) is 0 Å². The van der Waals surface area contributed by atoms with Gasteiger partial charge in [0.05, 0.1) is 5.56 Å². The van der Waals surface area contributed by atoms with Crippen LogP contribution in [0.1, 0.15) is 24.2 Å². The minimum absolute atomic E-state index is 0.0213. The third-order valence-electron chi connectivity index (χ3n) is 1.62. The van der Waals surface area contributed by atoms with E-state index >= 15 is 0 Å². The van der Waals surface area contributed by atoms with E-state index in [0.717, 1.165) is 12.1 Å². The van der Waals surface area contributed by atoms with Gasteiger partial charge in [-0.15, -0.1) is 0 Å². The van der Waals surface area contributed by atoms with Crippen molar-refractivity contribution in [1.29, 1.82) is 0 Å². The van der Waals surface area contributed by atoms with Crippen LogP contribution in [0, 0.1) is 5.82 Å². The average molecular weight is 197 g/mol. The first-order valence-corrected chi connectivity index (χ1v) is 4.30. The Bertz CT molecular complexity index is 350. The molecule has 0 aliphatic carbocycles. The molecule has 0 saturated carbocycles. The summed E-state index contributed by atoms with van der Waals surface area (Å²) in [4.78, 5) is 11.4. The molecule has 3 nitrogen and oxygen atoms in total. The quantitative estimate of drug-likeness (QED) is 0.757. The Morgan fingerprint density at radius 1 is 1.50 bits per heavy atom. The molecular weight excluding hydrogens is 185 g/mol. The Balaban J connectivity index is 2.90. The second kappa shape index (κ2) is 4.09. The van der Waals surface area contributed by atoms with Crippen LogP contribution in [0.5, 0.6) is 5.75 Å². The molecule has 0 aromatic heterocycles. The highest BCUT2D eigenvalue weighted by molar-refractivity contribution is 5.96. The summed E-state index contributed by atoms with van der Waals surface area (Å²) in [6, 6.07) is 3.28. The van der Waals surface area contributed by atoms with Gasteiger partial charge in [0.15, 0.2) is 0 Å². The largest absolute Gasteiger partial charge is 0.507 e. The lowest BCUT2D eigenvalue weighted by atomic mass is 10.1. The fraction of sp³-hybridized carbons (Fsp3) is 0.300. The molecule has 14 heavy (non-hydrogen) atoms. The molecule has 0 unspecified atom stereocenters. The molecule has 0 aliphatic heterocycles. The Hall–Kier alpha value is -1.58. The summed E-state index contributed by atoms with van der Waals surface area (Å²) >= 11 is 0. The first kappa shape index (κ1) is 10.5. The van der Waals surface area contributed by atoms with Crippen LogP contribution >= 0.6 is 0 Å². The van der Waals surface area contributed by atoms with Gasteiger partial charge in [-0.25, -0.2) is 4.39 Å². The van der Waals surface area contributed by atoms with Crippen LogP contribution in [0.3, 0.4) is 0 Å². The SMILES string of the molecule is CC(C)NC(=O)c1ccc(F)cc1O. The maximum Gasteiger partial charge on any atom is 0.255 e. The minimum Gasteiger partial charge on any atom is -0.507 e. The second-order valence-corrected chi connectivity index (χ2v) is 3.29. The number of benzene rings is 1. The van der Waals surface area contributed by atoms with Crippen LogP contribution in [0.4, 0.5) is 4.39 Å². The second-order valence-electron chi connectivity index (χ2n) is 3.29. The minimum atomic E-state index is -0.566. The van der Waals surface area contributed by atoms with Crippen LogP contribution in [-0.4, -0.2) is 17.1 Å². The van der Waals surface area contributed by atoms with E-state index in [1.54, 1.807) is 13.8 Å². The van der Waals surface area contributed by atoms with E-state index in [1.165, 1.54) is 6.07 Å². The van der Waals surface area contributed by atoms with Crippen LogP contribution in [0.25, 0.3) is 0 Å². The van der Waals surface area contributed by atoms with Crippen molar-refractivity contribution in [3.05, 3.63) is 29.6 Å². The molecule has 0 bridgehead atoms. The lowest BCUT2D eigenvalue weighted by Crippen LogP contribution is -2.30. The summed E-state index contributed by atoms with van der Waals surface area (Å²) in [6.45, 7) is 3.61. The standard InChI is InChI=1S/C10H12FNO2/c1-6(2)12-10(14)8-4-3-7(11)5-9(8)13/h3-6,13H,1-2H3,(H,12,14). The van der Waals surface area contributed by atoms with Crippen molar-refractivity contribution >= 4 is 5.91 Å². The molecule has 1 amide bonds. The summed E-state index contributed by atoms with van der Waals surface area (Å²) in [7, 11) is 0. The third-order valence-corrected chi connectivity index (χ3v) is 1.62. The highest BCUT2D eigenvalue weighted by atomic mass is 19.1. The molecule has 1 aromatic rings. The number of rotatable bonds is 2. The van der Waals surface area contributed by atoms with E-state index < -0.39 is 11.7 Å². The predicted octanol–water partition coefficient (Wildman–Crippen LogP) is 1.67. The normalized spacial score (nSPS) is 10.3. The summed E-state index contributed by atoms with van der Waals surface area (Å²) in [5.41, 5.74) is 0.0834. The van der Waals surface area contributed by atoms with Gasteiger partial charge in [-0.1, -0.05) is 0 Å². The number of carbonyl (C=O) groups is 1. The van der Waals surface area contributed by atoms with Crippen molar-refractivity contribution in [2.24, 2.45) is 0 Å². The molecular formula is C10H12FNO2. The van der Waals surface area contributed by atoms with Gasteiger partial charge in [-0.05, 0) is 26.0 Å². The summed E-state index contributed by atoms with van der Waals surface area (Å²) in [6.07, 6.45) is 0. The molecule has 0 spiro atoms. The fourth-order valence-corrected chi connectivity index (χ4v) is 1.04. The van der Waals surface area contributed by atoms with Gasteiger partial charge in [0.25, 0.3) is 5.91 Å². The third kappa shape index (κ3) is 2.45. The molecule has 0 fully saturated rings. The number of aromatic hydroxyl groups is 1. The maximum atomic E-state index is 12.6. The van der Waals surface area contributed by atoms with Crippen molar-refractivity contribution in [3.8, 4) is 5.75 Å². The van der Waals surface area contributed by atoms with E-state index in [2.05, 4.69) is 5.32 Å². The van der Waals surface area contributed by atoms with Crippen LogP contribution in [-0.2, 0) is 0 Å². The van der Waals surface area contributed by atoms with Crippen molar-refractivity contribution in [2.75, 3.05) is 0 Å². The number of carbonyl (C=O) groups excluding carboxylic acids is 1. The molecule has 2 N–H and O–H groups in total. The van der Waals surface area contributed by atoms with E-state index in [0.29, 0.717) is 0 Å². The topological polar surface area (TPSA) is 49.3 Å². The maximum absolute atomic E-state index is 12.6.